The highest BCUT2D eigenvalue weighted by atomic mass is 32.2. The molecule has 0 spiro atoms. The highest BCUT2D eigenvalue weighted by Gasteiger charge is 2.60. The van der Waals surface area contributed by atoms with Gasteiger partial charge in [0.2, 0.25) is 0 Å². The van der Waals surface area contributed by atoms with Gasteiger partial charge in [-0.25, -0.2) is 0 Å². The van der Waals surface area contributed by atoms with Gasteiger partial charge in [-0.2, -0.15) is 8.42 Å². The maximum absolute atomic E-state index is 11.1. The predicted octanol–water partition coefficient (Wildman–Crippen LogP) is 3.63. The molecule has 0 bridgehead atoms. The Morgan fingerprint density at radius 2 is 1.86 bits per heavy atom. The van der Waals surface area contributed by atoms with Gasteiger partial charge in [-0.1, -0.05) is 34.1 Å². The zero-order chi connectivity index (χ0) is 20.4. The van der Waals surface area contributed by atoms with Crippen molar-refractivity contribution in [3.8, 4) is 0 Å². The molecule has 28 heavy (non-hydrogen) atoms. The van der Waals surface area contributed by atoms with Gasteiger partial charge < -0.3 is 4.90 Å². The number of hydrogen-bond donors (Lipinski definition) is 2. The van der Waals surface area contributed by atoms with E-state index in [-0.39, 0.29) is 11.2 Å². The van der Waals surface area contributed by atoms with Crippen LogP contribution in [-0.2, 0) is 10.1 Å². The molecule has 2 N–H and O–H groups in total. The summed E-state index contributed by atoms with van der Waals surface area (Å²) in [5.74, 6) is 1.42. The van der Waals surface area contributed by atoms with Crippen LogP contribution in [0.5, 0.6) is 0 Å². The normalized spacial score (nSPS) is 42.5. The lowest BCUT2D eigenvalue weighted by molar-refractivity contribution is -0.839. The lowest BCUT2D eigenvalue weighted by Crippen LogP contribution is -3.08. The fourth-order valence-corrected chi connectivity index (χ4v) is 8.43. The fourth-order valence-electron chi connectivity index (χ4n) is 7.91. The van der Waals surface area contributed by atoms with Crippen LogP contribution in [0.1, 0.15) is 72.6 Å². The summed E-state index contributed by atoms with van der Waals surface area (Å²) in [6.07, 6.45) is 13.8. The van der Waals surface area contributed by atoms with Crippen LogP contribution in [0.4, 0.5) is 0 Å². The van der Waals surface area contributed by atoms with Crippen LogP contribution in [0.25, 0.3) is 0 Å². The Bertz CT molecular complexity index is 812. The average Bonchev–Trinajstić information content (AvgIpc) is 2.58. The molecule has 0 aromatic carbocycles. The summed E-state index contributed by atoms with van der Waals surface area (Å²) in [5, 5.41) is 0. The van der Waals surface area contributed by atoms with Gasteiger partial charge in [0, 0.05) is 5.57 Å². The minimum absolute atomic E-state index is 0.163. The van der Waals surface area contributed by atoms with E-state index in [4.69, 9.17) is 4.55 Å². The molecular weight excluding hydrogens is 370 g/mol. The van der Waals surface area contributed by atoms with Gasteiger partial charge in [-0.05, 0) is 78.3 Å². The molecule has 5 atom stereocenters. The Balaban J connectivity index is 1.59. The van der Waals surface area contributed by atoms with Crippen molar-refractivity contribution in [1.29, 1.82) is 0 Å². The molecule has 0 aromatic heterocycles. The van der Waals surface area contributed by atoms with E-state index in [1.807, 2.05) is 0 Å². The third-order valence-electron chi connectivity index (χ3n) is 9.08. The third-order valence-corrected chi connectivity index (χ3v) is 9.80. The van der Waals surface area contributed by atoms with E-state index < -0.39 is 10.1 Å². The van der Waals surface area contributed by atoms with Crippen molar-refractivity contribution in [3.05, 3.63) is 23.4 Å². The lowest BCUT2D eigenvalue weighted by atomic mass is 9.40. The second-order valence-electron chi connectivity index (χ2n) is 11.1. The average molecular weight is 409 g/mol. The van der Waals surface area contributed by atoms with E-state index >= 15 is 0 Å². The number of allylic oxidation sites excluding steroid dienone is 2. The van der Waals surface area contributed by atoms with Crippen LogP contribution in [0, 0.1) is 28.1 Å². The zero-order valence-corrected chi connectivity index (χ0v) is 18.9. The second kappa shape index (κ2) is 6.68. The Hall–Kier alpha value is -0.650. The first-order valence-electron chi connectivity index (χ1n) is 11.2. The predicted molar refractivity (Wildman–Crippen MR) is 113 cm³/mol. The summed E-state index contributed by atoms with van der Waals surface area (Å²) in [5.41, 5.74) is 4.16. The summed E-state index contributed by atoms with van der Waals surface area (Å²) < 4.78 is 31.3. The monoisotopic (exact) mass is 408 g/mol. The van der Waals surface area contributed by atoms with Gasteiger partial charge >= 0.3 is 0 Å². The van der Waals surface area contributed by atoms with Crippen LogP contribution in [0.2, 0.25) is 0 Å². The summed E-state index contributed by atoms with van der Waals surface area (Å²) in [7, 11) is -3.89. The van der Waals surface area contributed by atoms with Crippen molar-refractivity contribution >= 4 is 10.1 Å². The second-order valence-corrected chi connectivity index (χ2v) is 12.7. The van der Waals surface area contributed by atoms with E-state index in [1.165, 1.54) is 44.1 Å². The van der Waals surface area contributed by atoms with Gasteiger partial charge in [-0.15, -0.1) is 0 Å². The van der Waals surface area contributed by atoms with Crippen LogP contribution in [-0.4, -0.2) is 31.8 Å². The van der Waals surface area contributed by atoms with Crippen molar-refractivity contribution in [2.75, 3.05) is 18.8 Å². The van der Waals surface area contributed by atoms with E-state index in [0.29, 0.717) is 17.4 Å². The molecule has 3 fully saturated rings. The molecule has 1 heterocycles. The van der Waals surface area contributed by atoms with Crippen molar-refractivity contribution in [2.45, 2.75) is 72.6 Å². The van der Waals surface area contributed by atoms with Crippen molar-refractivity contribution in [1.82, 2.24) is 0 Å². The topological polar surface area (TPSA) is 58.8 Å². The van der Waals surface area contributed by atoms with E-state index in [2.05, 4.69) is 40.0 Å². The van der Waals surface area contributed by atoms with Crippen molar-refractivity contribution < 1.29 is 17.9 Å². The van der Waals surface area contributed by atoms with E-state index in [0.717, 1.165) is 29.7 Å². The first-order chi connectivity index (χ1) is 13.0. The number of hydrogen-bond acceptors (Lipinski definition) is 2. The van der Waals surface area contributed by atoms with Gasteiger partial charge in [0.1, 0.15) is 12.3 Å². The smallest absolute Gasteiger partial charge is 0.270 e. The molecule has 3 aliphatic carbocycles. The molecule has 4 aliphatic rings. The molecule has 0 amide bonds. The molecule has 4 rings (SSSR count). The first kappa shape index (κ1) is 20.6. The van der Waals surface area contributed by atoms with Crippen LogP contribution >= 0.6 is 0 Å². The molecule has 0 radical (unpaired) electrons. The third kappa shape index (κ3) is 3.31. The van der Waals surface area contributed by atoms with Crippen LogP contribution < -0.4 is 4.90 Å². The maximum atomic E-state index is 11.1. The van der Waals surface area contributed by atoms with E-state index in [9.17, 15) is 8.42 Å². The molecule has 1 aliphatic heterocycles. The van der Waals surface area contributed by atoms with Crippen molar-refractivity contribution in [2.24, 2.45) is 28.1 Å². The molecule has 0 saturated heterocycles. The van der Waals surface area contributed by atoms with Crippen LogP contribution in [0.3, 0.4) is 0 Å². The minimum atomic E-state index is -3.89. The highest BCUT2D eigenvalue weighted by molar-refractivity contribution is 7.85. The van der Waals surface area contributed by atoms with Crippen LogP contribution in [0.15, 0.2) is 23.4 Å². The number of nitrogens with one attached hydrogen (secondary N) is 1. The molecular formula is C23H38NO3S+. The lowest BCUT2D eigenvalue weighted by Gasteiger charge is -2.64. The Morgan fingerprint density at radius 3 is 2.57 bits per heavy atom. The van der Waals surface area contributed by atoms with E-state index in [1.54, 1.807) is 5.57 Å². The summed E-state index contributed by atoms with van der Waals surface area (Å²) >= 11 is 0. The van der Waals surface area contributed by atoms with Crippen molar-refractivity contribution in [3.63, 3.8) is 0 Å². The highest BCUT2D eigenvalue weighted by Crippen LogP contribution is 2.68. The summed E-state index contributed by atoms with van der Waals surface area (Å²) in [6.45, 7) is 11.4. The summed E-state index contributed by atoms with van der Waals surface area (Å²) in [6, 6.07) is 0. The summed E-state index contributed by atoms with van der Waals surface area (Å²) in [4.78, 5) is 1.15. The molecule has 0 aromatic rings. The number of quaternary nitrogens is 1. The maximum Gasteiger partial charge on any atom is 0.270 e. The van der Waals surface area contributed by atoms with Gasteiger partial charge in [0.05, 0.1) is 12.7 Å². The fraction of sp³-hybridized carbons (Fsp3) is 0.826. The van der Waals surface area contributed by atoms with Gasteiger partial charge in [0.25, 0.3) is 10.1 Å². The molecule has 3 saturated carbocycles. The number of fused-ring (bicyclic) bond motifs is 5. The van der Waals surface area contributed by atoms with Gasteiger partial charge in [-0.3, -0.25) is 4.55 Å². The molecule has 5 unspecified atom stereocenters. The number of rotatable bonds is 3. The first-order valence-corrected chi connectivity index (χ1v) is 12.8. The zero-order valence-electron chi connectivity index (χ0n) is 18.1. The standard InChI is InChI=1S/C23H37NO3S/c1-21(2)10-5-11-23(4)19(21)8-12-22(3)18-9-13-24(14-15-28(25,26)27)16-17(18)6-7-20(22)23/h9,16,19-20H,5-8,10-15H2,1-4H3,(H,25,26,27)/p+1. The largest absolute Gasteiger partial charge is 0.304 e. The quantitative estimate of drug-likeness (QED) is 0.701. The Labute approximate surface area is 171 Å². The minimum Gasteiger partial charge on any atom is -0.304 e. The Morgan fingerprint density at radius 1 is 1.11 bits per heavy atom. The molecule has 4 nitrogen and oxygen atoms in total. The SMILES string of the molecule is CC1(C)CCCC2(C)C1CCC1(C)C3=CC[NH+](CCS(=O)(=O)O)C=C3CCC12. The molecule has 158 valence electrons. The molecule has 5 heteroatoms. The Kier molecular flexibility index (Phi) is 4.92. The van der Waals surface area contributed by atoms with Gasteiger partial charge in [0.15, 0.2) is 0 Å².